The summed E-state index contributed by atoms with van der Waals surface area (Å²) in [6.07, 6.45) is 6.09. The highest BCUT2D eigenvalue weighted by molar-refractivity contribution is 5.95. The standard InChI is InChI=1S/C21H27N5O2/c1-15(2)19-12-24(10-9-20(27)26(19)11-16-3-4-16)21(28)17-5-7-18(8-6-17)25-13-22-23-14-25/h5-8,13-16,19H,3-4,9-12H2,1-2H3/t19-/m0/s1. The Morgan fingerprint density at radius 1 is 1.14 bits per heavy atom. The Kier molecular flexibility index (Phi) is 5.15. The first-order valence-electron chi connectivity index (χ1n) is 10.1. The average Bonchev–Trinajstić information content (AvgIpc) is 3.39. The van der Waals surface area contributed by atoms with Crippen LogP contribution < -0.4 is 0 Å². The predicted octanol–water partition coefficient (Wildman–Crippen LogP) is 2.38. The fraction of sp³-hybridized carbons (Fsp3) is 0.524. The topological polar surface area (TPSA) is 71.3 Å². The molecule has 1 saturated carbocycles. The number of amides is 2. The maximum absolute atomic E-state index is 13.1. The van der Waals surface area contributed by atoms with Crippen LogP contribution in [0.5, 0.6) is 0 Å². The van der Waals surface area contributed by atoms with E-state index in [0.29, 0.717) is 36.9 Å². The van der Waals surface area contributed by atoms with E-state index in [9.17, 15) is 9.59 Å². The molecule has 2 aromatic rings. The van der Waals surface area contributed by atoms with Crippen molar-refractivity contribution in [3.8, 4) is 5.69 Å². The first-order chi connectivity index (χ1) is 13.5. The number of rotatable bonds is 5. The Labute approximate surface area is 165 Å². The van der Waals surface area contributed by atoms with E-state index in [-0.39, 0.29) is 17.9 Å². The summed E-state index contributed by atoms with van der Waals surface area (Å²) in [6, 6.07) is 7.52. The van der Waals surface area contributed by atoms with Crippen LogP contribution >= 0.6 is 0 Å². The molecule has 4 rings (SSSR count). The minimum Gasteiger partial charge on any atom is -0.337 e. The van der Waals surface area contributed by atoms with Gasteiger partial charge in [0.05, 0.1) is 6.04 Å². The SMILES string of the molecule is CC(C)[C@@H]1CN(C(=O)c2ccc(-n3cnnc3)cc2)CCC(=O)N1CC1CC1. The van der Waals surface area contributed by atoms with Gasteiger partial charge >= 0.3 is 0 Å². The molecule has 2 amide bonds. The number of hydrogen-bond acceptors (Lipinski definition) is 4. The van der Waals surface area contributed by atoms with E-state index in [1.165, 1.54) is 12.8 Å². The van der Waals surface area contributed by atoms with Crippen molar-refractivity contribution < 1.29 is 9.59 Å². The lowest BCUT2D eigenvalue weighted by atomic mass is 10.0. The molecule has 1 aliphatic carbocycles. The van der Waals surface area contributed by atoms with Gasteiger partial charge in [-0.05, 0) is 48.9 Å². The van der Waals surface area contributed by atoms with Crippen molar-refractivity contribution in [2.24, 2.45) is 11.8 Å². The normalized spacial score (nSPS) is 20.5. The fourth-order valence-corrected chi connectivity index (χ4v) is 3.84. The van der Waals surface area contributed by atoms with Gasteiger partial charge in [0.15, 0.2) is 0 Å². The van der Waals surface area contributed by atoms with Gasteiger partial charge in [-0.1, -0.05) is 13.8 Å². The van der Waals surface area contributed by atoms with Crippen LogP contribution in [0, 0.1) is 11.8 Å². The van der Waals surface area contributed by atoms with Gasteiger partial charge in [0.25, 0.3) is 5.91 Å². The Bertz CT molecular complexity index is 827. The van der Waals surface area contributed by atoms with Crippen LogP contribution in [0.3, 0.4) is 0 Å². The maximum atomic E-state index is 13.1. The molecule has 1 aromatic heterocycles. The summed E-state index contributed by atoms with van der Waals surface area (Å²) in [4.78, 5) is 29.8. The molecule has 0 spiro atoms. The number of aromatic nitrogens is 3. The Morgan fingerprint density at radius 2 is 1.82 bits per heavy atom. The van der Waals surface area contributed by atoms with E-state index in [2.05, 4.69) is 24.0 Å². The number of nitrogens with zero attached hydrogens (tertiary/aromatic N) is 5. The monoisotopic (exact) mass is 381 g/mol. The molecule has 7 nitrogen and oxygen atoms in total. The van der Waals surface area contributed by atoms with Gasteiger partial charge in [0.2, 0.25) is 5.91 Å². The molecule has 28 heavy (non-hydrogen) atoms. The molecule has 1 atom stereocenters. The zero-order chi connectivity index (χ0) is 19.7. The molecule has 2 heterocycles. The van der Waals surface area contributed by atoms with Gasteiger partial charge in [-0.25, -0.2) is 0 Å². The molecular weight excluding hydrogens is 354 g/mol. The van der Waals surface area contributed by atoms with E-state index < -0.39 is 0 Å². The third-order valence-electron chi connectivity index (χ3n) is 5.76. The van der Waals surface area contributed by atoms with Crippen molar-refractivity contribution in [2.75, 3.05) is 19.6 Å². The quantitative estimate of drug-likeness (QED) is 0.797. The lowest BCUT2D eigenvalue weighted by Gasteiger charge is -2.34. The molecule has 0 unspecified atom stereocenters. The van der Waals surface area contributed by atoms with Crippen molar-refractivity contribution in [2.45, 2.75) is 39.2 Å². The van der Waals surface area contributed by atoms with E-state index in [1.54, 1.807) is 17.2 Å². The molecular formula is C21H27N5O2. The minimum absolute atomic E-state index is 0.0120. The van der Waals surface area contributed by atoms with Gasteiger partial charge in [-0.3, -0.25) is 14.2 Å². The molecule has 2 aliphatic rings. The first kappa shape index (κ1) is 18.7. The van der Waals surface area contributed by atoms with Crippen LogP contribution in [0.2, 0.25) is 0 Å². The molecule has 0 bridgehead atoms. The summed E-state index contributed by atoms with van der Waals surface area (Å²) in [5, 5.41) is 7.61. The molecule has 1 aliphatic heterocycles. The maximum Gasteiger partial charge on any atom is 0.253 e. The van der Waals surface area contributed by atoms with Crippen molar-refractivity contribution in [3.63, 3.8) is 0 Å². The van der Waals surface area contributed by atoms with E-state index in [1.807, 2.05) is 34.1 Å². The largest absolute Gasteiger partial charge is 0.337 e. The summed E-state index contributed by atoms with van der Waals surface area (Å²) < 4.78 is 1.80. The molecule has 0 N–H and O–H groups in total. The molecule has 0 radical (unpaired) electrons. The Hall–Kier alpha value is -2.70. The van der Waals surface area contributed by atoms with Crippen molar-refractivity contribution in [1.82, 2.24) is 24.6 Å². The van der Waals surface area contributed by atoms with Crippen LogP contribution in [-0.4, -0.2) is 62.1 Å². The van der Waals surface area contributed by atoms with Crippen LogP contribution in [0.15, 0.2) is 36.9 Å². The number of hydrogen-bond donors (Lipinski definition) is 0. The van der Waals surface area contributed by atoms with Gasteiger partial charge in [-0.2, -0.15) is 0 Å². The Morgan fingerprint density at radius 3 is 2.43 bits per heavy atom. The summed E-state index contributed by atoms with van der Waals surface area (Å²) in [5.41, 5.74) is 1.55. The van der Waals surface area contributed by atoms with Gasteiger partial charge in [0, 0.05) is 37.3 Å². The number of benzene rings is 1. The minimum atomic E-state index is -0.0120. The molecule has 2 fully saturated rings. The van der Waals surface area contributed by atoms with Gasteiger partial charge in [0.1, 0.15) is 12.7 Å². The van der Waals surface area contributed by atoms with Gasteiger partial charge < -0.3 is 9.80 Å². The molecule has 148 valence electrons. The van der Waals surface area contributed by atoms with Gasteiger partial charge in [-0.15, -0.1) is 10.2 Å². The number of carbonyl (C=O) groups is 2. The zero-order valence-corrected chi connectivity index (χ0v) is 16.5. The highest BCUT2D eigenvalue weighted by Gasteiger charge is 2.36. The van der Waals surface area contributed by atoms with E-state index in [0.717, 1.165) is 12.2 Å². The smallest absolute Gasteiger partial charge is 0.253 e. The summed E-state index contributed by atoms with van der Waals surface area (Å²) >= 11 is 0. The van der Waals surface area contributed by atoms with E-state index in [4.69, 9.17) is 0 Å². The number of carbonyl (C=O) groups excluding carboxylic acids is 2. The molecule has 7 heteroatoms. The highest BCUT2D eigenvalue weighted by atomic mass is 16.2. The third-order valence-corrected chi connectivity index (χ3v) is 5.76. The predicted molar refractivity (Wildman–Crippen MR) is 105 cm³/mol. The lowest BCUT2D eigenvalue weighted by Crippen LogP contribution is -2.48. The van der Waals surface area contributed by atoms with Crippen LogP contribution in [0.1, 0.15) is 43.5 Å². The highest BCUT2D eigenvalue weighted by Crippen LogP contribution is 2.32. The first-order valence-corrected chi connectivity index (χ1v) is 10.1. The zero-order valence-electron chi connectivity index (χ0n) is 16.5. The second-order valence-corrected chi connectivity index (χ2v) is 8.22. The second kappa shape index (κ2) is 7.73. The van der Waals surface area contributed by atoms with Crippen molar-refractivity contribution in [1.29, 1.82) is 0 Å². The second-order valence-electron chi connectivity index (χ2n) is 8.22. The summed E-state index contributed by atoms with van der Waals surface area (Å²) in [6.45, 7) is 6.20. The van der Waals surface area contributed by atoms with Crippen LogP contribution in [0.4, 0.5) is 0 Å². The van der Waals surface area contributed by atoms with E-state index >= 15 is 0 Å². The van der Waals surface area contributed by atoms with Crippen molar-refractivity contribution in [3.05, 3.63) is 42.5 Å². The summed E-state index contributed by atoms with van der Waals surface area (Å²) in [5.74, 6) is 1.13. The fourth-order valence-electron chi connectivity index (χ4n) is 3.84. The van der Waals surface area contributed by atoms with Crippen molar-refractivity contribution >= 4 is 11.8 Å². The molecule has 1 saturated heterocycles. The average molecular weight is 381 g/mol. The molecule has 1 aromatic carbocycles. The Balaban J connectivity index is 1.51. The van der Waals surface area contributed by atoms with Crippen LogP contribution in [0.25, 0.3) is 5.69 Å². The van der Waals surface area contributed by atoms with Crippen LogP contribution in [-0.2, 0) is 4.79 Å². The summed E-state index contributed by atoms with van der Waals surface area (Å²) in [7, 11) is 0. The third kappa shape index (κ3) is 3.93. The lowest BCUT2D eigenvalue weighted by molar-refractivity contribution is -0.133.